The third kappa shape index (κ3) is 4.28. The maximum atomic E-state index is 13.1. The van der Waals surface area contributed by atoms with E-state index in [1.807, 2.05) is 50.2 Å². The average Bonchev–Trinajstić information content (AvgIpc) is 3.23. The van der Waals surface area contributed by atoms with Crippen LogP contribution in [-0.4, -0.2) is 40.8 Å². The van der Waals surface area contributed by atoms with Crippen LogP contribution in [0.25, 0.3) is 0 Å². The molecule has 28 heavy (non-hydrogen) atoms. The quantitative estimate of drug-likeness (QED) is 0.652. The molecule has 2 aromatic carbocycles. The number of nitrogens with zero attached hydrogens (tertiary/aromatic N) is 3. The van der Waals surface area contributed by atoms with E-state index >= 15 is 0 Å². The SMILES string of the molecule is COc1ccc(CC(C(=O)Nc2cc(C)ccc2C)c2nn[nH]n2)cc1OC. The lowest BCUT2D eigenvalue weighted by Crippen LogP contribution is -2.24. The van der Waals surface area contributed by atoms with Gasteiger partial charge in [-0.3, -0.25) is 4.79 Å². The van der Waals surface area contributed by atoms with E-state index < -0.39 is 5.92 Å². The Bertz CT molecular complexity index is 956. The average molecular weight is 381 g/mol. The molecule has 146 valence electrons. The van der Waals surface area contributed by atoms with Gasteiger partial charge in [0.25, 0.3) is 0 Å². The second-order valence-electron chi connectivity index (χ2n) is 6.52. The van der Waals surface area contributed by atoms with E-state index in [4.69, 9.17) is 9.47 Å². The van der Waals surface area contributed by atoms with Crippen molar-refractivity contribution in [2.75, 3.05) is 19.5 Å². The molecule has 1 amide bonds. The van der Waals surface area contributed by atoms with Gasteiger partial charge in [-0.2, -0.15) is 5.21 Å². The molecule has 0 spiro atoms. The van der Waals surface area contributed by atoms with Crippen LogP contribution in [0.4, 0.5) is 5.69 Å². The molecule has 1 heterocycles. The van der Waals surface area contributed by atoms with Crippen LogP contribution < -0.4 is 14.8 Å². The Morgan fingerprint density at radius 2 is 1.89 bits per heavy atom. The van der Waals surface area contributed by atoms with E-state index in [1.54, 1.807) is 14.2 Å². The van der Waals surface area contributed by atoms with Crippen molar-refractivity contribution in [3.63, 3.8) is 0 Å². The Morgan fingerprint density at radius 1 is 1.11 bits per heavy atom. The van der Waals surface area contributed by atoms with Crippen LogP contribution in [0.2, 0.25) is 0 Å². The van der Waals surface area contributed by atoms with Crippen molar-refractivity contribution in [1.82, 2.24) is 20.6 Å². The first-order chi connectivity index (χ1) is 13.5. The van der Waals surface area contributed by atoms with Gasteiger partial charge in [0.15, 0.2) is 17.3 Å². The van der Waals surface area contributed by atoms with E-state index in [2.05, 4.69) is 25.9 Å². The van der Waals surface area contributed by atoms with Crippen LogP contribution in [0.5, 0.6) is 11.5 Å². The van der Waals surface area contributed by atoms with Crippen molar-refractivity contribution in [2.24, 2.45) is 0 Å². The van der Waals surface area contributed by atoms with E-state index in [1.165, 1.54) is 0 Å². The van der Waals surface area contributed by atoms with Crippen LogP contribution >= 0.6 is 0 Å². The number of H-pyrrole nitrogens is 1. The van der Waals surface area contributed by atoms with Gasteiger partial charge in [-0.05, 0) is 55.2 Å². The highest BCUT2D eigenvalue weighted by molar-refractivity contribution is 5.96. The summed E-state index contributed by atoms with van der Waals surface area (Å²) in [5.74, 6) is 0.739. The lowest BCUT2D eigenvalue weighted by Gasteiger charge is -2.16. The van der Waals surface area contributed by atoms with E-state index in [0.717, 1.165) is 22.4 Å². The third-order valence-electron chi connectivity index (χ3n) is 4.53. The zero-order chi connectivity index (χ0) is 20.1. The number of methoxy groups -OCH3 is 2. The standard InChI is InChI=1S/C20H23N5O3/c1-12-5-6-13(2)16(9-12)21-20(26)15(19-22-24-25-23-19)10-14-7-8-17(27-3)18(11-14)28-4/h5-9,11,15H,10H2,1-4H3,(H,21,26)(H,22,23,24,25). The molecular weight excluding hydrogens is 358 g/mol. The number of aromatic amines is 1. The molecular formula is C20H23N5O3. The fourth-order valence-corrected chi connectivity index (χ4v) is 2.95. The van der Waals surface area contributed by atoms with E-state index in [-0.39, 0.29) is 5.91 Å². The van der Waals surface area contributed by atoms with Crippen molar-refractivity contribution < 1.29 is 14.3 Å². The lowest BCUT2D eigenvalue weighted by molar-refractivity contribution is -0.117. The Balaban J connectivity index is 1.88. The second kappa shape index (κ2) is 8.51. The van der Waals surface area contributed by atoms with Crippen LogP contribution in [0.15, 0.2) is 36.4 Å². The monoisotopic (exact) mass is 381 g/mol. The minimum absolute atomic E-state index is 0.204. The summed E-state index contributed by atoms with van der Waals surface area (Å²) in [5, 5.41) is 17.1. The predicted octanol–water partition coefficient (Wildman–Crippen LogP) is 2.80. The summed E-state index contributed by atoms with van der Waals surface area (Å²) in [6.07, 6.45) is 0.386. The summed E-state index contributed by atoms with van der Waals surface area (Å²) < 4.78 is 10.6. The molecule has 0 radical (unpaired) electrons. The van der Waals surface area contributed by atoms with Gasteiger partial charge in [0.2, 0.25) is 5.91 Å². The fraction of sp³-hybridized carbons (Fsp3) is 0.300. The summed E-state index contributed by atoms with van der Waals surface area (Å²) >= 11 is 0. The molecule has 0 saturated carbocycles. The van der Waals surface area contributed by atoms with Gasteiger partial charge in [-0.15, -0.1) is 10.2 Å². The van der Waals surface area contributed by atoms with Crippen LogP contribution in [0.3, 0.4) is 0 Å². The van der Waals surface area contributed by atoms with Gasteiger partial charge in [-0.1, -0.05) is 23.4 Å². The van der Waals surface area contributed by atoms with Gasteiger partial charge in [0.1, 0.15) is 5.92 Å². The predicted molar refractivity (Wildman–Crippen MR) is 105 cm³/mol. The van der Waals surface area contributed by atoms with Gasteiger partial charge in [0, 0.05) is 5.69 Å². The van der Waals surface area contributed by atoms with Gasteiger partial charge < -0.3 is 14.8 Å². The zero-order valence-electron chi connectivity index (χ0n) is 16.3. The lowest BCUT2D eigenvalue weighted by atomic mass is 9.97. The van der Waals surface area contributed by atoms with Crippen molar-refractivity contribution >= 4 is 11.6 Å². The molecule has 0 aliphatic carbocycles. The Morgan fingerprint density at radius 3 is 2.57 bits per heavy atom. The number of hydrogen-bond acceptors (Lipinski definition) is 6. The number of amides is 1. The number of carbonyl (C=O) groups is 1. The number of anilines is 1. The van der Waals surface area contributed by atoms with Gasteiger partial charge >= 0.3 is 0 Å². The Kier molecular flexibility index (Phi) is 5.88. The normalized spacial score (nSPS) is 11.7. The number of aromatic nitrogens is 4. The highest BCUT2D eigenvalue weighted by Crippen LogP contribution is 2.30. The summed E-state index contributed by atoms with van der Waals surface area (Å²) in [7, 11) is 3.16. The summed E-state index contributed by atoms with van der Waals surface area (Å²) in [5.41, 5.74) is 3.71. The fourth-order valence-electron chi connectivity index (χ4n) is 2.95. The van der Waals surface area contributed by atoms with Crippen LogP contribution in [0, 0.1) is 13.8 Å². The minimum Gasteiger partial charge on any atom is -0.493 e. The summed E-state index contributed by atoms with van der Waals surface area (Å²) in [4.78, 5) is 13.1. The number of aryl methyl sites for hydroxylation is 2. The molecule has 3 aromatic rings. The number of ether oxygens (including phenoxy) is 2. The highest BCUT2D eigenvalue weighted by atomic mass is 16.5. The molecule has 0 saturated heterocycles. The van der Waals surface area contributed by atoms with Crippen molar-refractivity contribution in [3.8, 4) is 11.5 Å². The molecule has 8 nitrogen and oxygen atoms in total. The van der Waals surface area contributed by atoms with Gasteiger partial charge in [-0.25, -0.2) is 0 Å². The molecule has 3 rings (SSSR count). The topological polar surface area (TPSA) is 102 Å². The third-order valence-corrected chi connectivity index (χ3v) is 4.53. The first kappa shape index (κ1) is 19.3. The molecule has 1 unspecified atom stereocenters. The number of hydrogen-bond donors (Lipinski definition) is 2. The number of rotatable bonds is 7. The van der Waals surface area contributed by atoms with Crippen molar-refractivity contribution in [3.05, 3.63) is 58.9 Å². The molecule has 2 N–H and O–H groups in total. The molecule has 0 bridgehead atoms. The first-order valence-electron chi connectivity index (χ1n) is 8.84. The van der Waals surface area contributed by atoms with Gasteiger partial charge in [0.05, 0.1) is 14.2 Å². The van der Waals surface area contributed by atoms with Crippen LogP contribution in [-0.2, 0) is 11.2 Å². The largest absolute Gasteiger partial charge is 0.493 e. The maximum absolute atomic E-state index is 13.1. The second-order valence-corrected chi connectivity index (χ2v) is 6.52. The highest BCUT2D eigenvalue weighted by Gasteiger charge is 2.26. The Hall–Kier alpha value is -3.42. The summed E-state index contributed by atoms with van der Waals surface area (Å²) in [6.45, 7) is 3.93. The number of benzene rings is 2. The summed E-state index contributed by atoms with van der Waals surface area (Å²) in [6, 6.07) is 11.5. The minimum atomic E-state index is -0.614. The maximum Gasteiger partial charge on any atom is 0.235 e. The smallest absolute Gasteiger partial charge is 0.235 e. The number of tetrazole rings is 1. The number of nitrogens with one attached hydrogen (secondary N) is 2. The van der Waals surface area contributed by atoms with E-state index in [9.17, 15) is 4.79 Å². The molecule has 0 fully saturated rings. The van der Waals surface area contributed by atoms with Crippen molar-refractivity contribution in [2.45, 2.75) is 26.2 Å². The molecule has 0 aliphatic rings. The molecule has 1 aromatic heterocycles. The molecule has 8 heteroatoms. The zero-order valence-corrected chi connectivity index (χ0v) is 16.3. The van der Waals surface area contributed by atoms with E-state index in [0.29, 0.717) is 23.7 Å². The number of carbonyl (C=O) groups excluding carboxylic acids is 1. The Labute approximate surface area is 163 Å². The van der Waals surface area contributed by atoms with Crippen molar-refractivity contribution in [1.29, 1.82) is 0 Å². The van der Waals surface area contributed by atoms with Crippen LogP contribution in [0.1, 0.15) is 28.4 Å². The molecule has 0 aliphatic heterocycles. The molecule has 1 atom stereocenters. The first-order valence-corrected chi connectivity index (χ1v) is 8.84.